The third kappa shape index (κ3) is 3.86. The van der Waals surface area contributed by atoms with E-state index in [0.717, 1.165) is 21.8 Å². The number of Topliss-reactive ketones (excluding diaryl/α,β-unsaturated/α-hetero) is 1. The number of thioether (sulfide) groups is 1. The highest BCUT2D eigenvalue weighted by molar-refractivity contribution is 9.10. The van der Waals surface area contributed by atoms with Gasteiger partial charge in [-0.3, -0.25) is 4.79 Å². The van der Waals surface area contributed by atoms with E-state index < -0.39 is 5.63 Å². The van der Waals surface area contributed by atoms with Crippen molar-refractivity contribution in [3.63, 3.8) is 0 Å². The summed E-state index contributed by atoms with van der Waals surface area (Å²) in [4.78, 5) is 24.5. The van der Waals surface area contributed by atoms with Crippen molar-refractivity contribution in [2.75, 3.05) is 5.75 Å². The molecule has 4 rings (SSSR count). The molecule has 2 heterocycles. The number of nitrogens with zero attached hydrogens (tertiary/aromatic N) is 2. The van der Waals surface area contributed by atoms with Crippen molar-refractivity contribution in [3.8, 4) is 11.5 Å². The first-order valence-corrected chi connectivity index (χ1v) is 9.66. The number of halogens is 1. The third-order valence-corrected chi connectivity index (χ3v) is 5.11. The van der Waals surface area contributed by atoms with E-state index in [1.165, 1.54) is 0 Å². The number of hydrogen-bond acceptors (Lipinski definition) is 7. The Morgan fingerprint density at radius 1 is 1.04 bits per heavy atom. The van der Waals surface area contributed by atoms with Gasteiger partial charge in [-0.25, -0.2) is 4.79 Å². The van der Waals surface area contributed by atoms with E-state index in [0.29, 0.717) is 16.9 Å². The number of ketones is 1. The minimum absolute atomic E-state index is 0.00819. The van der Waals surface area contributed by atoms with Gasteiger partial charge < -0.3 is 8.83 Å². The summed E-state index contributed by atoms with van der Waals surface area (Å²) in [5.41, 5.74) is 0.580. The molecule has 0 bridgehead atoms. The average molecular weight is 443 g/mol. The minimum Gasteiger partial charge on any atom is -0.422 e. The SMILES string of the molecule is O=C(CSc1nnc(-c2ccc(Br)cc2)o1)c1cc2ccccc2oc1=O. The summed E-state index contributed by atoms with van der Waals surface area (Å²) >= 11 is 4.44. The number of carbonyl (C=O) groups is 1. The Hall–Kier alpha value is -2.71. The molecule has 8 heteroatoms. The van der Waals surface area contributed by atoms with Gasteiger partial charge in [-0.1, -0.05) is 45.9 Å². The van der Waals surface area contributed by atoms with E-state index in [2.05, 4.69) is 26.1 Å². The second-order valence-electron chi connectivity index (χ2n) is 5.58. The molecule has 0 aliphatic carbocycles. The first kappa shape index (κ1) is 17.7. The molecule has 0 atom stereocenters. The molecule has 27 heavy (non-hydrogen) atoms. The molecule has 2 aromatic carbocycles. The molecule has 134 valence electrons. The fourth-order valence-electron chi connectivity index (χ4n) is 2.44. The molecule has 0 fully saturated rings. The molecule has 0 saturated heterocycles. The fraction of sp³-hybridized carbons (Fsp3) is 0.0526. The summed E-state index contributed by atoms with van der Waals surface area (Å²) in [6.45, 7) is 0. The molecule has 4 aromatic rings. The molecule has 0 radical (unpaired) electrons. The van der Waals surface area contributed by atoms with Crippen LogP contribution in [0.15, 0.2) is 77.9 Å². The number of para-hydroxylation sites is 1. The van der Waals surface area contributed by atoms with Crippen molar-refractivity contribution in [1.29, 1.82) is 0 Å². The lowest BCUT2D eigenvalue weighted by Crippen LogP contribution is -2.15. The van der Waals surface area contributed by atoms with Gasteiger partial charge >= 0.3 is 5.63 Å². The van der Waals surface area contributed by atoms with E-state index in [4.69, 9.17) is 8.83 Å². The Morgan fingerprint density at radius 2 is 1.81 bits per heavy atom. The van der Waals surface area contributed by atoms with Gasteiger partial charge in [0.15, 0.2) is 5.78 Å². The summed E-state index contributed by atoms with van der Waals surface area (Å²) in [6.07, 6.45) is 0. The Balaban J connectivity index is 1.49. The Kier molecular flexibility index (Phi) is 4.91. The highest BCUT2D eigenvalue weighted by atomic mass is 79.9. The molecular weight excluding hydrogens is 432 g/mol. The second kappa shape index (κ2) is 7.50. The maximum atomic E-state index is 12.4. The summed E-state index contributed by atoms with van der Waals surface area (Å²) in [7, 11) is 0. The predicted octanol–water partition coefficient (Wildman–Crippen LogP) is 4.58. The van der Waals surface area contributed by atoms with Crippen LogP contribution in [0.3, 0.4) is 0 Å². The van der Waals surface area contributed by atoms with Gasteiger partial charge in [0.2, 0.25) is 5.89 Å². The smallest absolute Gasteiger partial charge is 0.347 e. The zero-order valence-electron chi connectivity index (χ0n) is 13.7. The molecule has 0 amide bonds. The van der Waals surface area contributed by atoms with Crippen molar-refractivity contribution in [3.05, 3.63) is 75.1 Å². The monoisotopic (exact) mass is 442 g/mol. The van der Waals surface area contributed by atoms with E-state index in [9.17, 15) is 9.59 Å². The Morgan fingerprint density at radius 3 is 2.63 bits per heavy atom. The van der Waals surface area contributed by atoms with E-state index in [-0.39, 0.29) is 22.3 Å². The van der Waals surface area contributed by atoms with Gasteiger partial charge in [0.05, 0.1) is 5.75 Å². The largest absolute Gasteiger partial charge is 0.422 e. The second-order valence-corrected chi connectivity index (χ2v) is 7.42. The number of aromatic nitrogens is 2. The summed E-state index contributed by atoms with van der Waals surface area (Å²) in [6, 6.07) is 16.0. The highest BCUT2D eigenvalue weighted by Gasteiger charge is 2.16. The Bertz CT molecular complexity index is 1180. The van der Waals surface area contributed by atoms with Gasteiger partial charge in [0, 0.05) is 15.4 Å². The number of fused-ring (bicyclic) bond motifs is 1. The van der Waals surface area contributed by atoms with Crippen molar-refractivity contribution in [1.82, 2.24) is 10.2 Å². The van der Waals surface area contributed by atoms with E-state index in [1.54, 1.807) is 24.3 Å². The molecule has 6 nitrogen and oxygen atoms in total. The quantitative estimate of drug-likeness (QED) is 0.254. The average Bonchev–Trinajstić information content (AvgIpc) is 3.15. The zero-order chi connectivity index (χ0) is 18.8. The molecular formula is C19H11BrN2O4S. The topological polar surface area (TPSA) is 86.2 Å². The standard InChI is InChI=1S/C19H11BrN2O4S/c20-13-7-5-11(6-8-13)17-21-22-19(26-17)27-10-15(23)14-9-12-3-1-2-4-16(12)25-18(14)24/h1-9H,10H2. The molecule has 0 aliphatic heterocycles. The van der Waals surface area contributed by atoms with Gasteiger partial charge in [-0.15, -0.1) is 10.2 Å². The molecule has 0 saturated carbocycles. The summed E-state index contributed by atoms with van der Waals surface area (Å²) < 4.78 is 11.7. The number of carbonyl (C=O) groups excluding carboxylic acids is 1. The molecule has 0 aliphatic rings. The van der Waals surface area contributed by atoms with Crippen LogP contribution in [0.4, 0.5) is 0 Å². The molecule has 2 aromatic heterocycles. The van der Waals surface area contributed by atoms with E-state index in [1.807, 2.05) is 30.3 Å². The Labute approximate surface area is 165 Å². The van der Waals surface area contributed by atoms with Crippen LogP contribution in [-0.2, 0) is 0 Å². The van der Waals surface area contributed by atoms with Crippen molar-refractivity contribution < 1.29 is 13.6 Å². The van der Waals surface area contributed by atoms with Gasteiger partial charge in [-0.2, -0.15) is 0 Å². The van der Waals surface area contributed by atoms with Crippen molar-refractivity contribution in [2.45, 2.75) is 5.22 Å². The van der Waals surface area contributed by atoms with Gasteiger partial charge in [0.1, 0.15) is 11.1 Å². The number of rotatable bonds is 5. The lowest BCUT2D eigenvalue weighted by molar-refractivity contribution is 0.101. The van der Waals surface area contributed by atoms with Gasteiger partial charge in [0.25, 0.3) is 5.22 Å². The van der Waals surface area contributed by atoms with Crippen LogP contribution in [0.2, 0.25) is 0 Å². The first-order valence-electron chi connectivity index (χ1n) is 7.88. The lowest BCUT2D eigenvalue weighted by atomic mass is 10.1. The van der Waals surface area contributed by atoms with Crippen LogP contribution < -0.4 is 5.63 Å². The van der Waals surface area contributed by atoms with Crippen LogP contribution in [-0.4, -0.2) is 21.7 Å². The highest BCUT2D eigenvalue weighted by Crippen LogP contribution is 2.25. The molecule has 0 unspecified atom stereocenters. The first-order chi connectivity index (χ1) is 13.1. The summed E-state index contributed by atoms with van der Waals surface area (Å²) in [5.74, 6) is -0.00371. The van der Waals surface area contributed by atoms with Gasteiger partial charge in [-0.05, 0) is 36.4 Å². The van der Waals surface area contributed by atoms with Crippen molar-refractivity contribution >= 4 is 44.4 Å². The van der Waals surface area contributed by atoms with Crippen LogP contribution >= 0.6 is 27.7 Å². The minimum atomic E-state index is -0.652. The van der Waals surface area contributed by atoms with Crippen molar-refractivity contribution in [2.24, 2.45) is 0 Å². The normalized spacial score (nSPS) is 11.0. The number of benzene rings is 2. The van der Waals surface area contributed by atoms with Crippen LogP contribution in [0.1, 0.15) is 10.4 Å². The lowest BCUT2D eigenvalue weighted by Gasteiger charge is -2.00. The predicted molar refractivity (Wildman–Crippen MR) is 105 cm³/mol. The molecule has 0 N–H and O–H groups in total. The third-order valence-electron chi connectivity index (χ3n) is 3.77. The zero-order valence-corrected chi connectivity index (χ0v) is 16.1. The molecule has 0 spiro atoms. The van der Waals surface area contributed by atoms with E-state index >= 15 is 0 Å². The van der Waals surface area contributed by atoms with Crippen LogP contribution in [0.5, 0.6) is 0 Å². The maximum Gasteiger partial charge on any atom is 0.347 e. The number of hydrogen-bond donors (Lipinski definition) is 0. The van der Waals surface area contributed by atoms with Crippen LogP contribution in [0.25, 0.3) is 22.4 Å². The fourth-order valence-corrected chi connectivity index (χ4v) is 3.35. The summed E-state index contributed by atoms with van der Waals surface area (Å²) in [5, 5.41) is 8.87. The maximum absolute atomic E-state index is 12.4. The van der Waals surface area contributed by atoms with Crippen LogP contribution in [0, 0.1) is 0 Å².